The van der Waals surface area contributed by atoms with Crippen LogP contribution in [0.5, 0.6) is 0 Å². The van der Waals surface area contributed by atoms with Crippen molar-refractivity contribution in [2.45, 2.75) is 18.4 Å². The summed E-state index contributed by atoms with van der Waals surface area (Å²) in [6.07, 6.45) is 0. The molecule has 1 saturated heterocycles. The van der Waals surface area contributed by atoms with Crippen molar-refractivity contribution in [3.63, 3.8) is 0 Å². The van der Waals surface area contributed by atoms with Crippen LogP contribution < -0.4 is 5.32 Å². The minimum Gasteiger partial charge on any atom is -0.396 e. The Hall–Kier alpha value is -2.46. The van der Waals surface area contributed by atoms with E-state index >= 15 is 0 Å². The Morgan fingerprint density at radius 1 is 1.00 bits per heavy atom. The highest BCUT2D eigenvalue weighted by Gasteiger charge is 2.44. The van der Waals surface area contributed by atoms with Gasteiger partial charge in [0.2, 0.25) is 0 Å². The molecule has 0 radical (unpaired) electrons. The lowest BCUT2D eigenvalue weighted by Crippen LogP contribution is -2.52. The molecular weight excluding hydrogens is 346 g/mol. The van der Waals surface area contributed by atoms with Crippen LogP contribution in [0.1, 0.15) is 22.6 Å². The van der Waals surface area contributed by atoms with Crippen LogP contribution >= 0.6 is 0 Å². The number of aryl methyl sites for hydroxylation is 1. The fourth-order valence-corrected chi connectivity index (χ4v) is 4.34. The Kier molecular flexibility index (Phi) is 5.58. The molecule has 0 bridgehead atoms. The van der Waals surface area contributed by atoms with Crippen molar-refractivity contribution in [1.82, 2.24) is 5.32 Å². The van der Waals surface area contributed by atoms with Gasteiger partial charge in [0.15, 0.2) is 0 Å². The Labute approximate surface area is 167 Å². The molecule has 2 N–H and O–H groups in total. The molecule has 3 aromatic carbocycles. The molecule has 1 aliphatic heterocycles. The van der Waals surface area contributed by atoms with Crippen LogP contribution in [0, 0.1) is 6.92 Å². The second-order valence-corrected chi connectivity index (χ2v) is 7.48. The van der Waals surface area contributed by atoms with Crippen molar-refractivity contribution in [2.24, 2.45) is 0 Å². The lowest BCUT2D eigenvalue weighted by atomic mass is 9.74. The molecule has 28 heavy (non-hydrogen) atoms. The summed E-state index contributed by atoms with van der Waals surface area (Å²) in [4.78, 5) is 0. The van der Waals surface area contributed by atoms with Gasteiger partial charge in [0.25, 0.3) is 0 Å². The highest BCUT2D eigenvalue weighted by atomic mass is 16.5. The van der Waals surface area contributed by atoms with Crippen molar-refractivity contribution < 1.29 is 9.84 Å². The van der Waals surface area contributed by atoms with Crippen molar-refractivity contribution in [1.29, 1.82) is 0 Å². The number of hydrogen-bond donors (Lipinski definition) is 2. The van der Waals surface area contributed by atoms with Crippen LogP contribution in [0.4, 0.5) is 0 Å². The van der Waals surface area contributed by atoms with Crippen LogP contribution in [0.2, 0.25) is 0 Å². The van der Waals surface area contributed by atoms with E-state index in [0.29, 0.717) is 13.2 Å². The zero-order chi connectivity index (χ0) is 19.4. The number of hydrogen-bond acceptors (Lipinski definition) is 3. The first-order valence-electron chi connectivity index (χ1n) is 9.91. The van der Waals surface area contributed by atoms with Gasteiger partial charge in [-0.15, -0.1) is 0 Å². The highest BCUT2D eigenvalue weighted by Crippen LogP contribution is 2.44. The van der Waals surface area contributed by atoms with Crippen LogP contribution in [0.25, 0.3) is 11.1 Å². The van der Waals surface area contributed by atoms with E-state index in [1.807, 2.05) is 18.2 Å². The molecule has 144 valence electrons. The summed E-state index contributed by atoms with van der Waals surface area (Å²) < 4.78 is 6.53. The van der Waals surface area contributed by atoms with Crippen LogP contribution in [-0.4, -0.2) is 31.4 Å². The van der Waals surface area contributed by atoms with Gasteiger partial charge < -0.3 is 15.2 Å². The smallest absolute Gasteiger partial charge is 0.115 e. The van der Waals surface area contributed by atoms with E-state index in [2.05, 4.69) is 72.9 Å². The fraction of sp³-hybridized carbons (Fsp3) is 0.280. The molecule has 2 unspecified atom stereocenters. The van der Waals surface area contributed by atoms with E-state index in [0.717, 1.165) is 23.2 Å². The number of aliphatic hydroxyl groups excluding tert-OH is 1. The molecular formula is C25H27NO2. The third-order valence-electron chi connectivity index (χ3n) is 5.69. The number of rotatable bonds is 5. The van der Waals surface area contributed by atoms with E-state index in [4.69, 9.17) is 4.74 Å². The minimum atomic E-state index is -0.630. The Balaban J connectivity index is 1.90. The highest BCUT2D eigenvalue weighted by molar-refractivity contribution is 5.69. The molecule has 1 aliphatic rings. The monoisotopic (exact) mass is 373 g/mol. The summed E-state index contributed by atoms with van der Waals surface area (Å²) in [6, 6.07) is 27.2. The van der Waals surface area contributed by atoms with Crippen molar-refractivity contribution >= 4 is 0 Å². The van der Waals surface area contributed by atoms with Crippen LogP contribution in [0.3, 0.4) is 0 Å². The third-order valence-corrected chi connectivity index (χ3v) is 5.69. The number of nitrogens with one attached hydrogen (secondary N) is 1. The Morgan fingerprint density at radius 3 is 2.50 bits per heavy atom. The Bertz CT molecular complexity index is 917. The second-order valence-electron chi connectivity index (χ2n) is 7.48. The molecule has 0 spiro atoms. The summed E-state index contributed by atoms with van der Waals surface area (Å²) in [5, 5.41) is 14.0. The van der Waals surface area contributed by atoms with Gasteiger partial charge in [0.05, 0.1) is 13.2 Å². The maximum atomic E-state index is 10.5. The summed E-state index contributed by atoms with van der Waals surface area (Å²) in [5.41, 5.74) is 5.14. The first kappa shape index (κ1) is 18.9. The lowest BCUT2D eigenvalue weighted by molar-refractivity contribution is -0.0987. The maximum absolute atomic E-state index is 10.5. The van der Waals surface area contributed by atoms with Gasteiger partial charge in [-0.3, -0.25) is 0 Å². The average molecular weight is 373 g/mol. The maximum Gasteiger partial charge on any atom is 0.115 e. The molecule has 1 heterocycles. The van der Waals surface area contributed by atoms with Crippen LogP contribution in [-0.2, 0) is 10.3 Å². The normalized spacial score (nSPS) is 20.6. The predicted molar refractivity (Wildman–Crippen MR) is 113 cm³/mol. The standard InChI is InChI=1S/C25H27NO2/c1-19-8-7-11-21(16-19)22-12-5-6-13-23(22)25(18-26-14-15-28-25)24(17-27)20-9-3-2-4-10-20/h2-13,16,24,26-27H,14-15,17-18H2,1H3. The lowest BCUT2D eigenvalue weighted by Gasteiger charge is -2.44. The summed E-state index contributed by atoms with van der Waals surface area (Å²) in [7, 11) is 0. The molecule has 0 amide bonds. The van der Waals surface area contributed by atoms with Gasteiger partial charge in [0.1, 0.15) is 5.60 Å². The molecule has 0 aromatic heterocycles. The summed E-state index contributed by atoms with van der Waals surface area (Å²) in [5.74, 6) is -0.160. The first-order valence-corrected chi connectivity index (χ1v) is 9.91. The zero-order valence-electron chi connectivity index (χ0n) is 16.3. The summed E-state index contributed by atoms with van der Waals surface area (Å²) in [6.45, 7) is 4.23. The van der Waals surface area contributed by atoms with E-state index in [9.17, 15) is 5.11 Å². The van der Waals surface area contributed by atoms with Gasteiger partial charge in [-0.25, -0.2) is 0 Å². The summed E-state index contributed by atoms with van der Waals surface area (Å²) >= 11 is 0. The zero-order valence-corrected chi connectivity index (χ0v) is 16.3. The van der Waals surface area contributed by atoms with Gasteiger partial charge in [0, 0.05) is 19.0 Å². The average Bonchev–Trinajstić information content (AvgIpc) is 2.76. The fourth-order valence-electron chi connectivity index (χ4n) is 4.34. The van der Waals surface area contributed by atoms with Crippen molar-refractivity contribution in [2.75, 3.05) is 26.3 Å². The van der Waals surface area contributed by atoms with Gasteiger partial charge in [-0.2, -0.15) is 0 Å². The third kappa shape index (κ3) is 3.49. The number of benzene rings is 3. The van der Waals surface area contributed by atoms with E-state index < -0.39 is 5.60 Å². The molecule has 0 aliphatic carbocycles. The van der Waals surface area contributed by atoms with E-state index in [1.165, 1.54) is 11.1 Å². The van der Waals surface area contributed by atoms with Crippen molar-refractivity contribution in [3.8, 4) is 11.1 Å². The van der Waals surface area contributed by atoms with E-state index in [1.54, 1.807) is 0 Å². The molecule has 4 rings (SSSR count). The second kappa shape index (κ2) is 8.27. The minimum absolute atomic E-state index is 0.0217. The molecule has 3 aromatic rings. The first-order chi connectivity index (χ1) is 13.7. The van der Waals surface area contributed by atoms with Gasteiger partial charge >= 0.3 is 0 Å². The van der Waals surface area contributed by atoms with Crippen molar-refractivity contribution in [3.05, 3.63) is 95.6 Å². The molecule has 2 atom stereocenters. The molecule has 1 fully saturated rings. The number of aliphatic hydroxyl groups is 1. The van der Waals surface area contributed by atoms with E-state index in [-0.39, 0.29) is 12.5 Å². The largest absolute Gasteiger partial charge is 0.396 e. The SMILES string of the molecule is Cc1cccc(-c2ccccc2C2(C(CO)c3ccccc3)CNCCO2)c1. The molecule has 3 nitrogen and oxygen atoms in total. The number of ether oxygens (including phenoxy) is 1. The van der Waals surface area contributed by atoms with Crippen LogP contribution in [0.15, 0.2) is 78.9 Å². The van der Waals surface area contributed by atoms with Gasteiger partial charge in [-0.1, -0.05) is 84.4 Å². The van der Waals surface area contributed by atoms with Gasteiger partial charge in [-0.05, 0) is 29.2 Å². The molecule has 0 saturated carbocycles. The Morgan fingerprint density at radius 2 is 1.79 bits per heavy atom. The predicted octanol–water partition coefficient (Wildman–Crippen LogP) is 4.25. The number of morpholine rings is 1. The topological polar surface area (TPSA) is 41.5 Å². The molecule has 3 heteroatoms. The quantitative estimate of drug-likeness (QED) is 0.702.